The molecule has 4 atom stereocenters. The molecule has 1 heterocycles. The van der Waals surface area contributed by atoms with E-state index in [0.717, 1.165) is 65.9 Å². The first-order chi connectivity index (χ1) is 16.2. The monoisotopic (exact) mass is 509 g/mol. The molecule has 0 amide bonds. The van der Waals surface area contributed by atoms with Crippen molar-refractivity contribution in [2.24, 2.45) is 17.8 Å². The van der Waals surface area contributed by atoms with Crippen LogP contribution in [-0.4, -0.2) is 10.5 Å². The smallest absolute Gasteiger partial charge is 0.317 e. The summed E-state index contributed by atoms with van der Waals surface area (Å²) in [6.45, 7) is 17.2. The average molecular weight is 510 g/mol. The third-order valence-electron chi connectivity index (χ3n) is 8.04. The molecule has 0 saturated carbocycles. The second kappa shape index (κ2) is 13.0. The second-order valence-electron chi connectivity index (χ2n) is 12.0. The van der Waals surface area contributed by atoms with Gasteiger partial charge in [0.15, 0.2) is 0 Å². The van der Waals surface area contributed by atoms with Gasteiger partial charge in [-0.15, -0.1) is 0 Å². The van der Waals surface area contributed by atoms with Gasteiger partial charge in [-0.1, -0.05) is 72.6 Å². The molecule has 202 valence electrons. The molecule has 0 aromatic heterocycles. The molecule has 0 aliphatic carbocycles. The molecule has 1 aliphatic rings. The number of rotatable bonds is 14. The van der Waals surface area contributed by atoms with Crippen molar-refractivity contribution >= 4 is 7.82 Å². The Morgan fingerprint density at radius 1 is 0.943 bits per heavy atom. The molecule has 35 heavy (non-hydrogen) atoms. The summed E-state index contributed by atoms with van der Waals surface area (Å²) < 4.78 is 22.9. The van der Waals surface area contributed by atoms with Crippen molar-refractivity contribution in [3.63, 3.8) is 0 Å². The van der Waals surface area contributed by atoms with Gasteiger partial charge >= 0.3 is 7.82 Å². The minimum atomic E-state index is -4.86. The molecule has 1 aromatic carbocycles. The summed E-state index contributed by atoms with van der Waals surface area (Å²) in [6, 6.07) is 0. The Morgan fingerprint density at radius 3 is 2.03 bits per heavy atom. The van der Waals surface area contributed by atoms with E-state index in [0.29, 0.717) is 5.56 Å². The van der Waals surface area contributed by atoms with Crippen LogP contribution in [0.15, 0.2) is 0 Å². The molecule has 6 heteroatoms. The number of benzene rings is 1. The van der Waals surface area contributed by atoms with Crippen LogP contribution < -0.4 is 14.2 Å². The summed E-state index contributed by atoms with van der Waals surface area (Å²) >= 11 is 0. The van der Waals surface area contributed by atoms with Gasteiger partial charge in [-0.05, 0) is 87.8 Å². The normalized spacial score (nSPS) is 21.2. The Balaban J connectivity index is 1.85. The van der Waals surface area contributed by atoms with Crippen molar-refractivity contribution in [2.75, 3.05) is 0 Å². The van der Waals surface area contributed by atoms with E-state index in [2.05, 4.69) is 34.6 Å². The van der Waals surface area contributed by atoms with E-state index in [-0.39, 0.29) is 11.4 Å². The molecule has 0 radical (unpaired) electrons. The molecule has 1 N–H and O–H groups in total. The number of ether oxygens (including phenoxy) is 1. The Labute approximate surface area is 214 Å². The highest BCUT2D eigenvalue weighted by atomic mass is 31.2. The Kier molecular flexibility index (Phi) is 11.2. The van der Waals surface area contributed by atoms with Crippen molar-refractivity contribution in [2.45, 2.75) is 132 Å². The molecule has 4 unspecified atom stereocenters. The first-order valence-electron chi connectivity index (χ1n) is 13.8. The molecule has 1 aromatic rings. The lowest BCUT2D eigenvalue weighted by molar-refractivity contribution is -0.211. The number of hydrogen-bond acceptors (Lipinski definition) is 4. The van der Waals surface area contributed by atoms with Gasteiger partial charge < -0.3 is 19.0 Å². The fraction of sp³-hybridized carbons (Fsp3) is 0.793. The van der Waals surface area contributed by atoms with Crippen LogP contribution in [0.3, 0.4) is 0 Å². The second-order valence-corrected chi connectivity index (χ2v) is 13.1. The van der Waals surface area contributed by atoms with Gasteiger partial charge in [0.25, 0.3) is 0 Å². The summed E-state index contributed by atoms with van der Waals surface area (Å²) in [4.78, 5) is 20.6. The van der Waals surface area contributed by atoms with E-state index in [1.165, 1.54) is 44.9 Å². The largest absolute Gasteiger partial charge is 0.746 e. The van der Waals surface area contributed by atoms with Crippen LogP contribution in [0.5, 0.6) is 11.5 Å². The first-order valence-corrected chi connectivity index (χ1v) is 15.3. The molecular weight excluding hydrogens is 459 g/mol. The Morgan fingerprint density at radius 2 is 1.49 bits per heavy atom. The number of phosphoric acid groups is 1. The molecule has 5 nitrogen and oxygen atoms in total. The van der Waals surface area contributed by atoms with E-state index in [1.54, 1.807) is 0 Å². The van der Waals surface area contributed by atoms with Crippen molar-refractivity contribution in [3.8, 4) is 11.5 Å². The topological polar surface area (TPSA) is 78.8 Å². The molecule has 2 rings (SSSR count). The van der Waals surface area contributed by atoms with Gasteiger partial charge in [-0.3, -0.25) is 4.57 Å². The fourth-order valence-corrected chi connectivity index (χ4v) is 6.02. The molecule has 0 fully saturated rings. The number of hydrogen-bond donors (Lipinski definition) is 1. The minimum Gasteiger partial charge on any atom is -0.746 e. The van der Waals surface area contributed by atoms with E-state index in [4.69, 9.17) is 9.26 Å². The standard InChI is InChI=1S/C29H51O5P/c1-20(2)12-9-13-21(3)14-10-15-22(4)16-11-18-29(8)19-17-26-25(7)27(34-35(30,31)32)23(5)24(6)28(26)33-29/h20-22H,9-19H2,1-8H3,(H2,30,31,32)/p-1. The predicted octanol–water partition coefficient (Wildman–Crippen LogP) is 7.97. The summed E-state index contributed by atoms with van der Waals surface area (Å²) in [5.74, 6) is 3.50. The van der Waals surface area contributed by atoms with E-state index >= 15 is 0 Å². The predicted molar refractivity (Wildman–Crippen MR) is 143 cm³/mol. The Bertz CT molecular complexity index is 875. The maximum Gasteiger partial charge on any atom is 0.317 e. The maximum atomic E-state index is 11.4. The lowest BCUT2D eigenvalue weighted by atomic mass is 9.84. The zero-order valence-corrected chi connectivity index (χ0v) is 24.4. The van der Waals surface area contributed by atoms with Crippen molar-refractivity contribution < 1.29 is 23.6 Å². The summed E-state index contributed by atoms with van der Waals surface area (Å²) in [6.07, 6.45) is 13.2. The summed E-state index contributed by atoms with van der Waals surface area (Å²) in [5, 5.41) is 0. The van der Waals surface area contributed by atoms with E-state index in [1.807, 2.05) is 20.8 Å². The molecule has 0 spiro atoms. The van der Waals surface area contributed by atoms with Gasteiger partial charge in [0.2, 0.25) is 0 Å². The van der Waals surface area contributed by atoms with Crippen LogP contribution in [0.1, 0.15) is 121 Å². The van der Waals surface area contributed by atoms with Crippen LogP contribution >= 0.6 is 7.82 Å². The lowest BCUT2D eigenvalue weighted by Gasteiger charge is -2.38. The molecular formula is C29H50O5P-. The maximum absolute atomic E-state index is 11.4. The molecule has 0 bridgehead atoms. The molecule has 1 aliphatic heterocycles. The highest BCUT2D eigenvalue weighted by Gasteiger charge is 2.34. The Hall–Kier alpha value is -1.03. The lowest BCUT2D eigenvalue weighted by Crippen LogP contribution is -2.37. The van der Waals surface area contributed by atoms with Crippen LogP contribution in [0.4, 0.5) is 0 Å². The van der Waals surface area contributed by atoms with Crippen LogP contribution in [0, 0.1) is 38.5 Å². The third-order valence-corrected chi connectivity index (χ3v) is 8.46. The van der Waals surface area contributed by atoms with E-state index in [9.17, 15) is 14.4 Å². The fourth-order valence-electron chi connectivity index (χ4n) is 5.51. The number of phosphoric ester groups is 1. The zero-order valence-electron chi connectivity index (χ0n) is 23.5. The first kappa shape index (κ1) is 30.2. The van der Waals surface area contributed by atoms with Crippen LogP contribution in [0.25, 0.3) is 0 Å². The van der Waals surface area contributed by atoms with Crippen LogP contribution in [0.2, 0.25) is 0 Å². The van der Waals surface area contributed by atoms with Crippen molar-refractivity contribution in [1.29, 1.82) is 0 Å². The van der Waals surface area contributed by atoms with E-state index < -0.39 is 7.82 Å². The van der Waals surface area contributed by atoms with Gasteiger partial charge in [0, 0.05) is 5.56 Å². The third kappa shape index (κ3) is 9.41. The van der Waals surface area contributed by atoms with Gasteiger partial charge in [0.1, 0.15) is 17.1 Å². The van der Waals surface area contributed by atoms with Gasteiger partial charge in [-0.2, -0.15) is 0 Å². The average Bonchev–Trinajstić information content (AvgIpc) is 2.74. The number of fused-ring (bicyclic) bond motifs is 1. The van der Waals surface area contributed by atoms with Gasteiger partial charge in [0.05, 0.1) is 0 Å². The summed E-state index contributed by atoms with van der Waals surface area (Å²) in [5.41, 5.74) is 3.10. The molecule has 0 saturated heterocycles. The minimum absolute atomic E-state index is 0.214. The highest BCUT2D eigenvalue weighted by molar-refractivity contribution is 7.45. The zero-order chi connectivity index (χ0) is 26.4. The van der Waals surface area contributed by atoms with Crippen LogP contribution in [-0.2, 0) is 11.0 Å². The van der Waals surface area contributed by atoms with Crippen molar-refractivity contribution in [3.05, 3.63) is 22.3 Å². The van der Waals surface area contributed by atoms with Crippen molar-refractivity contribution in [1.82, 2.24) is 0 Å². The van der Waals surface area contributed by atoms with Gasteiger partial charge in [-0.25, -0.2) is 0 Å². The highest BCUT2D eigenvalue weighted by Crippen LogP contribution is 2.47. The quantitative estimate of drug-likeness (QED) is 0.257. The summed E-state index contributed by atoms with van der Waals surface area (Å²) in [7, 11) is -4.86. The SMILES string of the molecule is Cc1c(C)c2c(c(C)c1OP(=O)([O-])O)CCC(C)(CCCC(C)CCCC(C)CCCC(C)C)O2.